The van der Waals surface area contributed by atoms with Crippen molar-refractivity contribution in [1.82, 2.24) is 15.2 Å². The van der Waals surface area contributed by atoms with Gasteiger partial charge in [-0.2, -0.15) is 0 Å². The van der Waals surface area contributed by atoms with E-state index in [9.17, 15) is 4.57 Å². The van der Waals surface area contributed by atoms with Crippen LogP contribution in [0.25, 0.3) is 0 Å². The molecule has 7 heteroatoms. The molecule has 0 rings (SSSR count). The van der Waals surface area contributed by atoms with Crippen molar-refractivity contribution in [3.05, 3.63) is 0 Å². The van der Waals surface area contributed by atoms with E-state index in [1.165, 1.54) is 4.67 Å². The van der Waals surface area contributed by atoms with Crippen molar-refractivity contribution in [2.75, 3.05) is 27.3 Å². The van der Waals surface area contributed by atoms with E-state index in [1.54, 1.807) is 27.9 Å². The quantitative estimate of drug-likeness (QED) is 0.478. The lowest BCUT2D eigenvalue weighted by molar-refractivity contribution is 0.0642. The summed E-state index contributed by atoms with van der Waals surface area (Å²) in [7, 11) is 0.396. The van der Waals surface area contributed by atoms with Crippen LogP contribution < -0.4 is 10.5 Å². The molecule has 0 spiro atoms. The molecule has 0 radical (unpaired) electrons. The summed E-state index contributed by atoms with van der Waals surface area (Å²) in [5.41, 5.74) is 0. The molecule has 0 aliphatic rings. The maximum Gasteiger partial charge on any atom is 0.326 e. The fourth-order valence-corrected chi connectivity index (χ4v) is 1.46. The highest BCUT2D eigenvalue weighted by molar-refractivity contribution is 7.56. The van der Waals surface area contributed by atoms with Crippen LogP contribution in [-0.4, -0.2) is 32.0 Å². The molecular formula is C6H18N3O3P. The van der Waals surface area contributed by atoms with E-state index < -0.39 is 7.59 Å². The lowest BCUT2D eigenvalue weighted by Crippen LogP contribution is -2.31. The molecule has 0 heterocycles. The van der Waals surface area contributed by atoms with Crippen LogP contribution in [0, 0.1) is 0 Å². The van der Waals surface area contributed by atoms with Crippen LogP contribution in [-0.2, 0) is 14.2 Å². The third-order valence-corrected chi connectivity index (χ3v) is 3.11. The molecular weight excluding hydrogens is 193 g/mol. The topological polar surface area (TPSA) is 62.8 Å². The number of hydrogen-bond acceptors (Lipinski definition) is 3. The molecule has 0 aromatic carbocycles. The summed E-state index contributed by atoms with van der Waals surface area (Å²) in [6, 6.07) is 0. The standard InChI is InChI=1S/C6H18N3O3P/c1-5-11-7-13(10,9(3)4)8-12-6-2/h5-6H2,1-4H3,(H2,7,8,10). The van der Waals surface area contributed by atoms with Gasteiger partial charge in [0.2, 0.25) is 0 Å². The lowest BCUT2D eigenvalue weighted by Gasteiger charge is -2.24. The fraction of sp³-hybridized carbons (Fsp3) is 1.00. The Morgan fingerprint density at radius 2 is 1.54 bits per heavy atom. The van der Waals surface area contributed by atoms with E-state index in [4.69, 9.17) is 9.68 Å². The van der Waals surface area contributed by atoms with Gasteiger partial charge >= 0.3 is 7.59 Å². The molecule has 0 fully saturated rings. The Labute approximate surface area is 79.0 Å². The van der Waals surface area contributed by atoms with Gasteiger partial charge in [-0.3, -0.25) is 14.2 Å². The monoisotopic (exact) mass is 211 g/mol. The van der Waals surface area contributed by atoms with Crippen molar-refractivity contribution in [3.8, 4) is 0 Å². The minimum Gasteiger partial charge on any atom is -0.293 e. The Hall–Kier alpha value is 0.0300. The molecule has 0 bridgehead atoms. The highest BCUT2D eigenvalue weighted by Gasteiger charge is 2.24. The number of hydrogen-bond donors (Lipinski definition) is 2. The van der Waals surface area contributed by atoms with Gasteiger partial charge in [0.1, 0.15) is 0 Å². The van der Waals surface area contributed by atoms with Gasteiger partial charge < -0.3 is 0 Å². The molecule has 0 saturated heterocycles. The summed E-state index contributed by atoms with van der Waals surface area (Å²) < 4.78 is 13.4. The van der Waals surface area contributed by atoms with Gasteiger partial charge in [-0.1, -0.05) is 0 Å². The van der Waals surface area contributed by atoms with Gasteiger partial charge in [0.25, 0.3) is 0 Å². The van der Waals surface area contributed by atoms with E-state index >= 15 is 0 Å². The Morgan fingerprint density at radius 3 is 1.77 bits per heavy atom. The summed E-state index contributed by atoms with van der Waals surface area (Å²) in [6.07, 6.45) is 0. The molecule has 0 aromatic rings. The molecule has 0 unspecified atom stereocenters. The van der Waals surface area contributed by atoms with Gasteiger partial charge in [0.15, 0.2) is 0 Å². The molecule has 80 valence electrons. The second kappa shape index (κ2) is 6.48. The second-order valence-corrected chi connectivity index (χ2v) is 4.79. The highest BCUT2D eigenvalue weighted by atomic mass is 31.2. The van der Waals surface area contributed by atoms with Gasteiger partial charge in [-0.25, -0.2) is 4.67 Å². The Balaban J connectivity index is 4.09. The molecule has 0 aliphatic carbocycles. The highest BCUT2D eigenvalue weighted by Crippen LogP contribution is 2.37. The predicted octanol–water partition coefficient (Wildman–Crippen LogP) is 0.738. The van der Waals surface area contributed by atoms with E-state index in [-0.39, 0.29) is 0 Å². The first-order valence-corrected chi connectivity index (χ1v) is 5.78. The van der Waals surface area contributed by atoms with Crippen LogP contribution in [0.3, 0.4) is 0 Å². The minimum absolute atomic E-state index is 0.436. The summed E-state index contributed by atoms with van der Waals surface area (Å²) in [5.74, 6) is 0. The first-order valence-electron chi connectivity index (χ1n) is 4.12. The average molecular weight is 211 g/mol. The third kappa shape index (κ3) is 4.71. The third-order valence-electron chi connectivity index (χ3n) is 1.23. The molecule has 0 aromatic heterocycles. The predicted molar refractivity (Wildman–Crippen MR) is 50.8 cm³/mol. The van der Waals surface area contributed by atoms with E-state index in [1.807, 2.05) is 0 Å². The average Bonchev–Trinajstić information content (AvgIpc) is 2.11. The van der Waals surface area contributed by atoms with E-state index in [0.717, 1.165) is 0 Å². The minimum atomic E-state index is -2.94. The van der Waals surface area contributed by atoms with Crippen molar-refractivity contribution in [1.29, 1.82) is 0 Å². The summed E-state index contributed by atoms with van der Waals surface area (Å²) >= 11 is 0. The molecule has 2 N–H and O–H groups in total. The molecule has 0 amide bonds. The molecule has 6 nitrogen and oxygen atoms in total. The number of nitrogens with zero attached hydrogens (tertiary/aromatic N) is 1. The molecule has 0 aliphatic heterocycles. The summed E-state index contributed by atoms with van der Waals surface area (Å²) in [5, 5.41) is 4.85. The zero-order chi connectivity index (χ0) is 10.3. The first-order chi connectivity index (χ1) is 6.06. The summed E-state index contributed by atoms with van der Waals surface area (Å²) in [6.45, 7) is 4.47. The van der Waals surface area contributed by atoms with Crippen LogP contribution in [0.2, 0.25) is 0 Å². The van der Waals surface area contributed by atoms with Crippen molar-refractivity contribution in [2.45, 2.75) is 13.8 Å². The Morgan fingerprint density at radius 1 is 1.15 bits per heavy atom. The first kappa shape index (κ1) is 13.0. The van der Waals surface area contributed by atoms with Crippen molar-refractivity contribution in [2.24, 2.45) is 0 Å². The fourth-order valence-electron chi connectivity index (χ4n) is 0.486. The number of nitrogens with one attached hydrogen (secondary N) is 2. The summed E-state index contributed by atoms with van der Waals surface area (Å²) in [4.78, 5) is 9.72. The normalized spacial score (nSPS) is 12.4. The zero-order valence-corrected chi connectivity index (χ0v) is 9.43. The molecule has 0 saturated carbocycles. The van der Waals surface area contributed by atoms with Gasteiger partial charge in [-0.05, 0) is 27.9 Å². The maximum atomic E-state index is 11.9. The van der Waals surface area contributed by atoms with Crippen LogP contribution in [0.1, 0.15) is 13.8 Å². The molecule has 13 heavy (non-hydrogen) atoms. The van der Waals surface area contributed by atoms with Crippen LogP contribution in [0.4, 0.5) is 0 Å². The van der Waals surface area contributed by atoms with Gasteiger partial charge in [0, 0.05) is 0 Å². The van der Waals surface area contributed by atoms with Gasteiger partial charge in [-0.15, -0.1) is 10.5 Å². The SMILES string of the molecule is CCONP(=O)(NOCC)N(C)C. The van der Waals surface area contributed by atoms with Crippen LogP contribution in [0.15, 0.2) is 0 Å². The van der Waals surface area contributed by atoms with Crippen molar-refractivity contribution in [3.63, 3.8) is 0 Å². The Bertz CT molecular complexity index is 165. The molecule has 0 atom stereocenters. The largest absolute Gasteiger partial charge is 0.326 e. The number of rotatable bonds is 7. The lowest BCUT2D eigenvalue weighted by atomic mass is 10.9. The maximum absolute atomic E-state index is 11.9. The second-order valence-electron chi connectivity index (χ2n) is 2.47. The zero-order valence-electron chi connectivity index (χ0n) is 8.53. The van der Waals surface area contributed by atoms with E-state index in [0.29, 0.717) is 13.2 Å². The van der Waals surface area contributed by atoms with E-state index in [2.05, 4.69) is 10.5 Å². The smallest absolute Gasteiger partial charge is 0.293 e. The van der Waals surface area contributed by atoms with Crippen molar-refractivity contribution < 1.29 is 14.2 Å². The van der Waals surface area contributed by atoms with Crippen molar-refractivity contribution >= 4 is 7.59 Å². The Kier molecular flexibility index (Phi) is 6.49. The van der Waals surface area contributed by atoms with Crippen LogP contribution in [0.5, 0.6) is 0 Å². The van der Waals surface area contributed by atoms with Gasteiger partial charge in [0.05, 0.1) is 13.2 Å². The van der Waals surface area contributed by atoms with Crippen LogP contribution >= 0.6 is 7.59 Å².